The molecule has 33 heavy (non-hydrogen) atoms. The van der Waals surface area contributed by atoms with E-state index in [2.05, 4.69) is 26.6 Å². The van der Waals surface area contributed by atoms with Gasteiger partial charge in [-0.05, 0) is 36.4 Å². The summed E-state index contributed by atoms with van der Waals surface area (Å²) in [5.41, 5.74) is -1.27. The average Bonchev–Trinajstić information content (AvgIpc) is 3.05. The summed E-state index contributed by atoms with van der Waals surface area (Å²) in [5.74, 6) is -3.53. The van der Waals surface area contributed by atoms with Gasteiger partial charge in [-0.1, -0.05) is 39.7 Å². The van der Waals surface area contributed by atoms with Crippen molar-refractivity contribution >= 4 is 45.0 Å². The van der Waals surface area contributed by atoms with Crippen LogP contribution in [-0.4, -0.2) is 11.8 Å². The lowest BCUT2D eigenvalue weighted by molar-refractivity contribution is -0.137. The molecule has 0 spiro atoms. The molecule has 0 fully saturated rings. The lowest BCUT2D eigenvalue weighted by Gasteiger charge is -2.18. The van der Waals surface area contributed by atoms with Crippen LogP contribution in [0, 0.1) is 11.6 Å². The highest BCUT2D eigenvalue weighted by Crippen LogP contribution is 2.41. The van der Waals surface area contributed by atoms with Crippen molar-refractivity contribution in [1.82, 2.24) is 5.32 Å². The van der Waals surface area contributed by atoms with Crippen LogP contribution in [0.1, 0.15) is 43.4 Å². The first-order chi connectivity index (χ1) is 15.5. The van der Waals surface area contributed by atoms with Crippen molar-refractivity contribution < 1.29 is 31.5 Å². The third-order valence-corrected chi connectivity index (χ3v) is 5.84. The molecule has 3 aromatic rings. The zero-order valence-electron chi connectivity index (χ0n) is 16.2. The normalized spacial score (nSPS) is 15.2. The van der Waals surface area contributed by atoms with Gasteiger partial charge in [0.1, 0.15) is 11.6 Å². The van der Waals surface area contributed by atoms with E-state index in [1.807, 2.05) is 0 Å². The molecule has 4 nitrogen and oxygen atoms in total. The number of amides is 2. The first-order valence-electron chi connectivity index (χ1n) is 9.23. The number of hydrogen-bond acceptors (Lipinski definition) is 2. The number of rotatable bonds is 3. The van der Waals surface area contributed by atoms with Crippen molar-refractivity contribution in [3.8, 4) is 0 Å². The quantitative estimate of drug-likeness (QED) is 0.370. The fourth-order valence-electron chi connectivity index (χ4n) is 3.56. The molecule has 1 aliphatic heterocycles. The Morgan fingerprint density at radius 3 is 2.52 bits per heavy atom. The molecule has 4 rings (SSSR count). The summed E-state index contributed by atoms with van der Waals surface area (Å²) in [4.78, 5) is 25.3. The van der Waals surface area contributed by atoms with Crippen molar-refractivity contribution in [3.63, 3.8) is 0 Å². The molecule has 0 unspecified atom stereocenters. The van der Waals surface area contributed by atoms with Crippen LogP contribution < -0.4 is 10.6 Å². The third kappa shape index (κ3) is 4.45. The van der Waals surface area contributed by atoms with Crippen LogP contribution in [0.15, 0.2) is 53.0 Å². The van der Waals surface area contributed by atoms with Crippen LogP contribution in [0.3, 0.4) is 0 Å². The molecule has 0 saturated heterocycles. The van der Waals surface area contributed by atoms with Gasteiger partial charge in [-0.25, -0.2) is 8.78 Å². The molecule has 1 aliphatic rings. The van der Waals surface area contributed by atoms with Crippen molar-refractivity contribution in [3.05, 3.63) is 97.5 Å². The molecule has 0 radical (unpaired) electrons. The molecule has 2 N–H and O–H groups in total. The molecule has 0 bridgehead atoms. The number of carbonyl (C=O) groups excluding carboxylic acids is 2. The number of anilines is 1. The second-order valence-electron chi connectivity index (χ2n) is 7.14. The maximum Gasteiger partial charge on any atom is 0.416 e. The number of benzene rings is 3. The van der Waals surface area contributed by atoms with Crippen LogP contribution in [0.2, 0.25) is 5.02 Å². The monoisotopic (exact) mass is 544 g/mol. The van der Waals surface area contributed by atoms with E-state index in [0.29, 0.717) is 16.6 Å². The zero-order valence-corrected chi connectivity index (χ0v) is 18.5. The van der Waals surface area contributed by atoms with Gasteiger partial charge in [0.2, 0.25) is 0 Å². The Kier molecular flexibility index (Phi) is 5.92. The highest BCUT2D eigenvalue weighted by molar-refractivity contribution is 9.10. The summed E-state index contributed by atoms with van der Waals surface area (Å²) >= 11 is 9.29. The van der Waals surface area contributed by atoms with Crippen LogP contribution in [0.4, 0.5) is 27.6 Å². The van der Waals surface area contributed by atoms with Gasteiger partial charge in [0.25, 0.3) is 11.8 Å². The number of fused-ring (bicyclic) bond motifs is 1. The summed E-state index contributed by atoms with van der Waals surface area (Å²) in [5, 5.41) is 4.84. The Labute approximate surface area is 196 Å². The van der Waals surface area contributed by atoms with Crippen LogP contribution in [-0.2, 0) is 6.18 Å². The predicted octanol–water partition coefficient (Wildman–Crippen LogP) is 6.48. The van der Waals surface area contributed by atoms with E-state index in [4.69, 9.17) is 11.6 Å². The minimum Gasteiger partial charge on any atom is -0.341 e. The molecule has 1 atom stereocenters. The molecule has 0 aromatic heterocycles. The number of carbonyl (C=O) groups is 2. The summed E-state index contributed by atoms with van der Waals surface area (Å²) in [6, 6.07) is 7.41. The third-order valence-electron chi connectivity index (χ3n) is 4.98. The minimum atomic E-state index is -4.86. The fourth-order valence-corrected chi connectivity index (χ4v) is 4.25. The van der Waals surface area contributed by atoms with Gasteiger partial charge in [-0.15, -0.1) is 0 Å². The average molecular weight is 546 g/mol. The first kappa shape index (κ1) is 23.2. The Balaban J connectivity index is 1.79. The maximum atomic E-state index is 14.0. The minimum absolute atomic E-state index is 0.0471. The molecule has 11 heteroatoms. The van der Waals surface area contributed by atoms with Crippen molar-refractivity contribution in [2.24, 2.45) is 0 Å². The number of alkyl halides is 3. The Morgan fingerprint density at radius 1 is 1.09 bits per heavy atom. The van der Waals surface area contributed by atoms with Gasteiger partial charge in [-0.2, -0.15) is 13.2 Å². The van der Waals surface area contributed by atoms with E-state index in [1.54, 1.807) is 0 Å². The van der Waals surface area contributed by atoms with Crippen molar-refractivity contribution in [2.45, 2.75) is 12.2 Å². The van der Waals surface area contributed by atoms with Crippen molar-refractivity contribution in [1.29, 1.82) is 0 Å². The Hall–Kier alpha value is -2.98. The smallest absolute Gasteiger partial charge is 0.341 e. The van der Waals surface area contributed by atoms with Gasteiger partial charge in [0, 0.05) is 32.4 Å². The predicted molar refractivity (Wildman–Crippen MR) is 114 cm³/mol. The lowest BCUT2D eigenvalue weighted by atomic mass is 9.96. The summed E-state index contributed by atoms with van der Waals surface area (Å²) in [6.07, 6.45) is -4.86. The second kappa shape index (κ2) is 8.42. The van der Waals surface area contributed by atoms with Crippen LogP contribution in [0.25, 0.3) is 0 Å². The molecule has 2 amide bonds. The summed E-state index contributed by atoms with van der Waals surface area (Å²) < 4.78 is 67.3. The molecule has 0 aliphatic carbocycles. The van der Waals surface area contributed by atoms with Crippen LogP contribution in [0.5, 0.6) is 0 Å². The van der Waals surface area contributed by atoms with Crippen molar-refractivity contribution in [2.75, 3.05) is 5.32 Å². The number of hydrogen-bond donors (Lipinski definition) is 2. The van der Waals surface area contributed by atoms with Gasteiger partial charge >= 0.3 is 6.18 Å². The molecule has 3 aromatic carbocycles. The molecular formula is C22H11BrClF5N2O2. The topological polar surface area (TPSA) is 58.2 Å². The SMILES string of the molecule is O=C(Nc1cc(Br)cc2c1[C@H](c1cccc(F)c1Cl)NC2=O)c1cc(F)cc(C(F)(F)F)c1. The highest BCUT2D eigenvalue weighted by Gasteiger charge is 2.35. The second-order valence-corrected chi connectivity index (χ2v) is 8.44. The Bertz CT molecular complexity index is 1310. The lowest BCUT2D eigenvalue weighted by Crippen LogP contribution is -2.21. The van der Waals surface area contributed by atoms with E-state index in [9.17, 15) is 31.5 Å². The number of halogens is 7. The molecule has 0 saturated carbocycles. The molecular weight excluding hydrogens is 535 g/mol. The molecule has 1 heterocycles. The number of nitrogens with one attached hydrogen (secondary N) is 2. The van der Waals surface area contributed by atoms with E-state index in [-0.39, 0.29) is 33.5 Å². The van der Waals surface area contributed by atoms with E-state index >= 15 is 0 Å². The largest absolute Gasteiger partial charge is 0.416 e. The standard InChI is InChI=1S/C22H11BrClF5N2O2/c23-11-7-14-17(19(31-21(14)33)13-2-1-3-15(26)18(13)24)16(8-11)30-20(32)9-4-10(22(27,28)29)6-12(25)5-9/h1-8,19H,(H,30,32)(H,31,33)/t19-/m0/s1. The summed E-state index contributed by atoms with van der Waals surface area (Å²) in [6.45, 7) is 0. The van der Waals surface area contributed by atoms with Crippen LogP contribution >= 0.6 is 27.5 Å². The fraction of sp³-hybridized carbons (Fsp3) is 0.0909. The zero-order chi connectivity index (χ0) is 24.1. The van der Waals surface area contributed by atoms with E-state index < -0.39 is 46.8 Å². The van der Waals surface area contributed by atoms with E-state index in [1.165, 1.54) is 24.3 Å². The van der Waals surface area contributed by atoms with Gasteiger partial charge in [-0.3, -0.25) is 9.59 Å². The molecule has 170 valence electrons. The first-order valence-corrected chi connectivity index (χ1v) is 10.4. The summed E-state index contributed by atoms with van der Waals surface area (Å²) in [7, 11) is 0. The van der Waals surface area contributed by atoms with E-state index in [0.717, 1.165) is 6.07 Å². The Morgan fingerprint density at radius 2 is 1.82 bits per heavy atom. The van der Waals surface area contributed by atoms with Gasteiger partial charge < -0.3 is 10.6 Å². The van der Waals surface area contributed by atoms with Gasteiger partial charge in [0.15, 0.2) is 0 Å². The van der Waals surface area contributed by atoms with Gasteiger partial charge in [0.05, 0.1) is 16.6 Å². The maximum absolute atomic E-state index is 14.0. The highest BCUT2D eigenvalue weighted by atomic mass is 79.9.